The van der Waals surface area contributed by atoms with Gasteiger partial charge in [-0.1, -0.05) is 18.2 Å². The van der Waals surface area contributed by atoms with Crippen molar-refractivity contribution in [3.63, 3.8) is 0 Å². The number of rotatable bonds is 4. The van der Waals surface area contributed by atoms with Gasteiger partial charge in [-0.2, -0.15) is 0 Å². The van der Waals surface area contributed by atoms with Crippen LogP contribution in [0.1, 0.15) is 18.4 Å². The quantitative estimate of drug-likeness (QED) is 0.877. The highest BCUT2D eigenvalue weighted by Gasteiger charge is 2.28. The molecule has 0 radical (unpaired) electrons. The minimum absolute atomic E-state index is 0.412. The summed E-state index contributed by atoms with van der Waals surface area (Å²) >= 11 is 0. The van der Waals surface area contributed by atoms with Gasteiger partial charge in [0.25, 0.3) is 0 Å². The zero-order valence-electron chi connectivity index (χ0n) is 11.1. The number of fused-ring (bicyclic) bond motifs is 1. The zero-order chi connectivity index (χ0) is 12.4. The molecule has 1 aromatic rings. The molecule has 0 saturated carbocycles. The molecular formula is C15H22N2O. The largest absolute Gasteiger partial charge is 0.372 e. The Kier molecular flexibility index (Phi) is 3.52. The molecule has 2 unspecified atom stereocenters. The molecule has 1 saturated heterocycles. The van der Waals surface area contributed by atoms with Gasteiger partial charge in [0.05, 0.1) is 12.2 Å². The lowest BCUT2D eigenvalue weighted by Gasteiger charge is -2.23. The normalized spacial score (nSPS) is 26.6. The Bertz CT molecular complexity index is 407. The number of likely N-dealkylation sites (N-methyl/N-ethyl adjacent to an activating group) is 1. The van der Waals surface area contributed by atoms with E-state index in [1.54, 1.807) is 0 Å². The summed E-state index contributed by atoms with van der Waals surface area (Å²) in [7, 11) is 1.99. The molecule has 0 aromatic heterocycles. The monoisotopic (exact) mass is 246 g/mol. The van der Waals surface area contributed by atoms with Gasteiger partial charge < -0.3 is 15.0 Å². The van der Waals surface area contributed by atoms with Crippen LogP contribution < -0.4 is 10.2 Å². The smallest absolute Gasteiger partial charge is 0.0755 e. The fraction of sp³-hybridized carbons (Fsp3) is 0.600. The molecule has 98 valence electrons. The van der Waals surface area contributed by atoms with Gasteiger partial charge in [-0.05, 0) is 37.9 Å². The van der Waals surface area contributed by atoms with Gasteiger partial charge in [-0.15, -0.1) is 0 Å². The van der Waals surface area contributed by atoms with Crippen LogP contribution in [0.2, 0.25) is 0 Å². The van der Waals surface area contributed by atoms with Gasteiger partial charge >= 0.3 is 0 Å². The summed E-state index contributed by atoms with van der Waals surface area (Å²) in [4.78, 5) is 2.49. The second-order valence-electron chi connectivity index (χ2n) is 5.34. The van der Waals surface area contributed by atoms with Crippen LogP contribution in [0.25, 0.3) is 0 Å². The standard InChI is InChI=1S/C15H22N2O/c1-16-10-13-6-7-14(18-13)11-17-9-8-12-4-2-3-5-15(12)17/h2-5,13-14,16H,6-11H2,1H3. The van der Waals surface area contributed by atoms with Crippen molar-refractivity contribution in [2.45, 2.75) is 31.5 Å². The highest BCUT2D eigenvalue weighted by atomic mass is 16.5. The first-order chi connectivity index (χ1) is 8.86. The van der Waals surface area contributed by atoms with Crippen molar-refractivity contribution < 1.29 is 4.74 Å². The van der Waals surface area contributed by atoms with Crippen molar-refractivity contribution in [1.82, 2.24) is 5.32 Å². The van der Waals surface area contributed by atoms with Crippen LogP contribution in [0.3, 0.4) is 0 Å². The summed E-state index contributed by atoms with van der Waals surface area (Å²) in [5.41, 5.74) is 2.90. The maximum absolute atomic E-state index is 6.07. The van der Waals surface area contributed by atoms with Crippen molar-refractivity contribution in [2.75, 3.05) is 31.6 Å². The van der Waals surface area contributed by atoms with E-state index in [2.05, 4.69) is 34.5 Å². The minimum atomic E-state index is 0.412. The molecule has 1 aromatic carbocycles. The topological polar surface area (TPSA) is 24.5 Å². The van der Waals surface area contributed by atoms with Crippen LogP contribution in [0.15, 0.2) is 24.3 Å². The first-order valence-electron chi connectivity index (χ1n) is 6.99. The van der Waals surface area contributed by atoms with Crippen molar-refractivity contribution in [2.24, 2.45) is 0 Å². The van der Waals surface area contributed by atoms with Crippen molar-refractivity contribution >= 4 is 5.69 Å². The molecule has 0 spiro atoms. The molecule has 18 heavy (non-hydrogen) atoms. The van der Waals surface area contributed by atoms with Gasteiger partial charge in [-0.3, -0.25) is 0 Å². The third kappa shape index (κ3) is 2.38. The van der Waals surface area contributed by atoms with E-state index in [9.17, 15) is 0 Å². The van der Waals surface area contributed by atoms with Crippen molar-refractivity contribution in [3.05, 3.63) is 29.8 Å². The van der Waals surface area contributed by atoms with E-state index in [1.165, 1.54) is 30.5 Å². The highest BCUT2D eigenvalue weighted by molar-refractivity contribution is 5.57. The Balaban J connectivity index is 1.59. The molecular weight excluding hydrogens is 224 g/mol. The van der Waals surface area contributed by atoms with E-state index in [4.69, 9.17) is 4.74 Å². The highest BCUT2D eigenvalue weighted by Crippen LogP contribution is 2.29. The van der Waals surface area contributed by atoms with E-state index in [1.807, 2.05) is 7.05 Å². The predicted molar refractivity (Wildman–Crippen MR) is 74.2 cm³/mol. The van der Waals surface area contributed by atoms with E-state index in [0.29, 0.717) is 12.2 Å². The number of nitrogens with zero attached hydrogens (tertiary/aromatic N) is 1. The number of para-hydroxylation sites is 1. The Hall–Kier alpha value is -1.06. The number of anilines is 1. The van der Waals surface area contributed by atoms with Crippen molar-refractivity contribution in [3.8, 4) is 0 Å². The molecule has 2 atom stereocenters. The first kappa shape index (κ1) is 12.0. The SMILES string of the molecule is CNCC1CCC(CN2CCc3ccccc32)O1. The van der Waals surface area contributed by atoms with Crippen LogP contribution in [0.4, 0.5) is 5.69 Å². The molecule has 2 heterocycles. The fourth-order valence-electron chi connectivity index (χ4n) is 3.13. The molecule has 2 aliphatic rings. The minimum Gasteiger partial charge on any atom is -0.372 e. The number of benzene rings is 1. The van der Waals surface area contributed by atoms with Crippen LogP contribution >= 0.6 is 0 Å². The second kappa shape index (κ2) is 5.29. The zero-order valence-corrected chi connectivity index (χ0v) is 11.1. The fourth-order valence-corrected chi connectivity index (χ4v) is 3.13. The maximum atomic E-state index is 6.07. The lowest BCUT2D eigenvalue weighted by molar-refractivity contribution is 0.0507. The predicted octanol–water partition coefficient (Wildman–Crippen LogP) is 1.82. The summed E-state index contributed by atoms with van der Waals surface area (Å²) in [6, 6.07) is 8.75. The number of hydrogen-bond donors (Lipinski definition) is 1. The van der Waals surface area contributed by atoms with Crippen LogP contribution in [-0.2, 0) is 11.2 Å². The molecule has 3 heteroatoms. The molecule has 3 nitrogen and oxygen atoms in total. The molecule has 0 bridgehead atoms. The number of nitrogens with one attached hydrogen (secondary N) is 1. The van der Waals surface area contributed by atoms with Gasteiger partial charge in [0.2, 0.25) is 0 Å². The molecule has 0 aliphatic carbocycles. The van der Waals surface area contributed by atoms with Gasteiger partial charge in [-0.25, -0.2) is 0 Å². The number of hydrogen-bond acceptors (Lipinski definition) is 3. The molecule has 3 rings (SSSR count). The Morgan fingerprint density at radius 1 is 1.28 bits per heavy atom. The van der Waals surface area contributed by atoms with Crippen LogP contribution in [0, 0.1) is 0 Å². The average Bonchev–Trinajstić information content (AvgIpc) is 2.99. The van der Waals surface area contributed by atoms with E-state index in [-0.39, 0.29) is 0 Å². The van der Waals surface area contributed by atoms with Crippen molar-refractivity contribution in [1.29, 1.82) is 0 Å². The third-order valence-electron chi connectivity index (χ3n) is 4.03. The van der Waals surface area contributed by atoms with E-state index in [0.717, 1.165) is 19.6 Å². The Morgan fingerprint density at radius 3 is 3.00 bits per heavy atom. The van der Waals surface area contributed by atoms with Gasteiger partial charge in [0, 0.05) is 25.3 Å². The van der Waals surface area contributed by atoms with Gasteiger partial charge in [0.1, 0.15) is 0 Å². The Morgan fingerprint density at radius 2 is 2.11 bits per heavy atom. The summed E-state index contributed by atoms with van der Waals surface area (Å²) in [5.74, 6) is 0. The lowest BCUT2D eigenvalue weighted by atomic mass is 10.1. The molecule has 1 N–H and O–H groups in total. The molecule has 1 fully saturated rings. The maximum Gasteiger partial charge on any atom is 0.0755 e. The summed E-state index contributed by atoms with van der Waals surface area (Å²) in [5, 5.41) is 3.20. The summed E-state index contributed by atoms with van der Waals surface area (Å²) < 4.78 is 6.07. The van der Waals surface area contributed by atoms with Crippen LogP contribution in [-0.4, -0.2) is 38.9 Å². The summed E-state index contributed by atoms with van der Waals surface area (Å²) in [6.45, 7) is 3.18. The van der Waals surface area contributed by atoms with Crippen LogP contribution in [0.5, 0.6) is 0 Å². The molecule has 2 aliphatic heterocycles. The average molecular weight is 246 g/mol. The van der Waals surface area contributed by atoms with Gasteiger partial charge in [0.15, 0.2) is 0 Å². The van der Waals surface area contributed by atoms with E-state index < -0.39 is 0 Å². The second-order valence-corrected chi connectivity index (χ2v) is 5.34. The lowest BCUT2D eigenvalue weighted by Crippen LogP contribution is -2.32. The van der Waals surface area contributed by atoms with E-state index >= 15 is 0 Å². The molecule has 0 amide bonds. The first-order valence-corrected chi connectivity index (χ1v) is 6.99. The summed E-state index contributed by atoms with van der Waals surface area (Å²) in [6.07, 6.45) is 4.40. The number of ether oxygens (including phenoxy) is 1. The Labute approximate surface area is 109 Å². The third-order valence-corrected chi connectivity index (χ3v) is 4.03.